The van der Waals surface area contributed by atoms with Gasteiger partial charge in [0.25, 0.3) is 11.8 Å². The van der Waals surface area contributed by atoms with E-state index in [0.717, 1.165) is 0 Å². The van der Waals surface area contributed by atoms with Gasteiger partial charge in [-0.2, -0.15) is 0 Å². The molecule has 0 unspecified atom stereocenters. The molecule has 2 N–H and O–H groups in total. The van der Waals surface area contributed by atoms with E-state index < -0.39 is 11.8 Å². The monoisotopic (exact) mass is 298 g/mol. The highest BCUT2D eigenvalue weighted by Gasteiger charge is 2.13. The van der Waals surface area contributed by atoms with Gasteiger partial charge in [0, 0.05) is 12.6 Å². The molecule has 0 aliphatic rings. The number of likely N-dealkylation sites (N-methyl/N-ethyl adjacent to an activating group) is 1. The van der Waals surface area contributed by atoms with Gasteiger partial charge in [0.2, 0.25) is 0 Å². The molecule has 0 heterocycles. The van der Waals surface area contributed by atoms with E-state index in [1.807, 2.05) is 0 Å². The summed E-state index contributed by atoms with van der Waals surface area (Å²) < 4.78 is 12.9. The second-order valence-electron chi connectivity index (χ2n) is 4.51. The lowest BCUT2D eigenvalue weighted by Gasteiger charge is -2.09. The van der Waals surface area contributed by atoms with E-state index in [0.29, 0.717) is 11.1 Å². The van der Waals surface area contributed by atoms with Gasteiger partial charge in [-0.25, -0.2) is 4.39 Å². The van der Waals surface area contributed by atoms with Crippen molar-refractivity contribution in [1.82, 2.24) is 10.6 Å². The van der Waals surface area contributed by atoms with E-state index in [9.17, 15) is 14.0 Å². The molecular weight excluding hydrogens is 283 g/mol. The van der Waals surface area contributed by atoms with Crippen LogP contribution in [0.2, 0.25) is 0 Å². The second-order valence-corrected chi connectivity index (χ2v) is 4.51. The maximum absolute atomic E-state index is 12.9. The van der Waals surface area contributed by atoms with E-state index in [-0.39, 0.29) is 11.5 Å². The Morgan fingerprint density at radius 3 is 2.23 bits per heavy atom. The van der Waals surface area contributed by atoms with Gasteiger partial charge in [0.1, 0.15) is 11.5 Å². The van der Waals surface area contributed by atoms with Crippen LogP contribution in [-0.4, -0.2) is 18.9 Å². The average molecular weight is 298 g/mol. The fraction of sp³-hybridized carbons (Fsp3) is 0.0588. The number of carbonyl (C=O) groups is 2. The average Bonchev–Trinajstić information content (AvgIpc) is 2.56. The Labute approximate surface area is 127 Å². The van der Waals surface area contributed by atoms with E-state index >= 15 is 0 Å². The molecule has 112 valence electrons. The molecule has 4 nitrogen and oxygen atoms in total. The highest BCUT2D eigenvalue weighted by molar-refractivity contribution is 6.05. The highest BCUT2D eigenvalue weighted by Crippen LogP contribution is 2.08. The molecule has 2 amide bonds. The number of hydrogen-bond donors (Lipinski definition) is 2. The lowest BCUT2D eigenvalue weighted by Crippen LogP contribution is -2.33. The topological polar surface area (TPSA) is 58.2 Å². The zero-order valence-electron chi connectivity index (χ0n) is 12.0. The van der Waals surface area contributed by atoms with Crippen molar-refractivity contribution in [3.05, 3.63) is 77.2 Å². The summed E-state index contributed by atoms with van der Waals surface area (Å²) >= 11 is 0. The summed E-state index contributed by atoms with van der Waals surface area (Å²) in [5.74, 6) is -1.20. The molecule has 0 aliphatic heterocycles. The third kappa shape index (κ3) is 4.02. The van der Waals surface area contributed by atoms with Crippen LogP contribution in [0.5, 0.6) is 0 Å². The molecule has 2 rings (SSSR count). The predicted molar refractivity (Wildman–Crippen MR) is 82.4 cm³/mol. The Balaban J connectivity index is 2.25. The molecule has 2 aromatic carbocycles. The van der Waals surface area contributed by atoms with Crippen molar-refractivity contribution in [2.75, 3.05) is 7.05 Å². The lowest BCUT2D eigenvalue weighted by molar-refractivity contribution is -0.117. The van der Waals surface area contributed by atoms with Crippen molar-refractivity contribution in [3.8, 4) is 0 Å². The minimum absolute atomic E-state index is 0.0861. The first-order chi connectivity index (χ1) is 10.6. The van der Waals surface area contributed by atoms with Crippen molar-refractivity contribution in [2.24, 2.45) is 0 Å². The van der Waals surface area contributed by atoms with Gasteiger partial charge in [0.05, 0.1) is 0 Å². The first kappa shape index (κ1) is 15.4. The van der Waals surface area contributed by atoms with Crippen LogP contribution >= 0.6 is 0 Å². The van der Waals surface area contributed by atoms with Crippen molar-refractivity contribution >= 4 is 17.9 Å². The number of hydrogen-bond acceptors (Lipinski definition) is 2. The Morgan fingerprint density at radius 1 is 1.00 bits per heavy atom. The van der Waals surface area contributed by atoms with Crippen molar-refractivity contribution < 1.29 is 14.0 Å². The van der Waals surface area contributed by atoms with Crippen LogP contribution in [0.15, 0.2) is 60.3 Å². The molecule has 0 saturated heterocycles. The molecule has 0 fully saturated rings. The second kappa shape index (κ2) is 7.17. The zero-order chi connectivity index (χ0) is 15.9. The van der Waals surface area contributed by atoms with Gasteiger partial charge in [0.15, 0.2) is 0 Å². The van der Waals surface area contributed by atoms with Gasteiger partial charge in [-0.05, 0) is 35.9 Å². The number of halogens is 1. The third-order valence-electron chi connectivity index (χ3n) is 2.94. The smallest absolute Gasteiger partial charge is 0.267 e. The highest BCUT2D eigenvalue weighted by atomic mass is 19.1. The summed E-state index contributed by atoms with van der Waals surface area (Å²) in [6.45, 7) is 0. The van der Waals surface area contributed by atoms with E-state index in [1.54, 1.807) is 30.3 Å². The Bertz CT molecular complexity index is 694. The van der Waals surface area contributed by atoms with Crippen LogP contribution in [0.4, 0.5) is 4.39 Å². The van der Waals surface area contributed by atoms with Gasteiger partial charge in [-0.1, -0.05) is 30.3 Å². The van der Waals surface area contributed by atoms with Crippen LogP contribution < -0.4 is 10.6 Å². The molecule has 0 atom stereocenters. The van der Waals surface area contributed by atoms with E-state index in [4.69, 9.17) is 0 Å². The summed E-state index contributed by atoms with van der Waals surface area (Å²) in [4.78, 5) is 24.0. The number of rotatable bonds is 4. The largest absolute Gasteiger partial charge is 0.354 e. The molecule has 0 radical (unpaired) electrons. The fourth-order valence-electron chi connectivity index (χ4n) is 1.80. The molecule has 22 heavy (non-hydrogen) atoms. The summed E-state index contributed by atoms with van der Waals surface area (Å²) in [5.41, 5.74) is 1.13. The summed E-state index contributed by atoms with van der Waals surface area (Å²) in [6.07, 6.45) is 1.49. The fourth-order valence-corrected chi connectivity index (χ4v) is 1.80. The zero-order valence-corrected chi connectivity index (χ0v) is 12.0. The Morgan fingerprint density at radius 2 is 1.64 bits per heavy atom. The van der Waals surface area contributed by atoms with Crippen LogP contribution in [0.3, 0.4) is 0 Å². The van der Waals surface area contributed by atoms with Crippen LogP contribution in [0, 0.1) is 5.82 Å². The Kier molecular flexibility index (Phi) is 5.03. The SMILES string of the molecule is CNC(=O)/C(=C/c1ccc(F)cc1)NC(=O)c1ccccc1. The number of benzene rings is 2. The van der Waals surface area contributed by atoms with Crippen LogP contribution in [0.25, 0.3) is 6.08 Å². The molecule has 5 heteroatoms. The number of amides is 2. The Hall–Kier alpha value is -2.95. The van der Waals surface area contributed by atoms with Crippen LogP contribution in [0.1, 0.15) is 15.9 Å². The molecular formula is C17H15FN2O2. The third-order valence-corrected chi connectivity index (χ3v) is 2.94. The van der Waals surface area contributed by atoms with Gasteiger partial charge < -0.3 is 10.6 Å². The maximum atomic E-state index is 12.9. The quantitative estimate of drug-likeness (QED) is 0.851. The van der Waals surface area contributed by atoms with Crippen molar-refractivity contribution in [1.29, 1.82) is 0 Å². The predicted octanol–water partition coefficient (Wildman–Crippen LogP) is 2.34. The molecule has 0 saturated carbocycles. The summed E-state index contributed by atoms with van der Waals surface area (Å²) in [7, 11) is 1.47. The molecule has 0 aliphatic carbocycles. The maximum Gasteiger partial charge on any atom is 0.267 e. The normalized spacial score (nSPS) is 10.9. The number of carbonyl (C=O) groups excluding carboxylic acids is 2. The van der Waals surface area contributed by atoms with Gasteiger partial charge in [-0.15, -0.1) is 0 Å². The summed E-state index contributed by atoms with van der Waals surface area (Å²) in [5, 5.41) is 5.02. The standard InChI is InChI=1S/C17H15FN2O2/c1-19-17(22)15(11-12-7-9-14(18)10-8-12)20-16(21)13-5-3-2-4-6-13/h2-11H,1H3,(H,19,22)(H,20,21)/b15-11-. The lowest BCUT2D eigenvalue weighted by atomic mass is 10.1. The van der Waals surface area contributed by atoms with E-state index in [1.165, 1.54) is 37.4 Å². The van der Waals surface area contributed by atoms with Crippen molar-refractivity contribution in [3.63, 3.8) is 0 Å². The van der Waals surface area contributed by atoms with Gasteiger partial charge >= 0.3 is 0 Å². The first-order valence-electron chi connectivity index (χ1n) is 6.66. The molecule has 2 aromatic rings. The minimum atomic E-state index is -0.436. The van der Waals surface area contributed by atoms with E-state index in [2.05, 4.69) is 10.6 Å². The molecule has 0 bridgehead atoms. The summed E-state index contributed by atoms with van der Waals surface area (Å²) in [6, 6.07) is 14.2. The van der Waals surface area contributed by atoms with Gasteiger partial charge in [-0.3, -0.25) is 9.59 Å². The first-order valence-corrected chi connectivity index (χ1v) is 6.66. The number of nitrogens with one attached hydrogen (secondary N) is 2. The minimum Gasteiger partial charge on any atom is -0.354 e. The van der Waals surface area contributed by atoms with Crippen LogP contribution in [-0.2, 0) is 4.79 Å². The molecule has 0 aromatic heterocycles. The molecule has 0 spiro atoms. The van der Waals surface area contributed by atoms with Crippen molar-refractivity contribution in [2.45, 2.75) is 0 Å².